The van der Waals surface area contributed by atoms with Gasteiger partial charge in [-0.25, -0.2) is 8.42 Å². The molecule has 1 saturated heterocycles. The molecule has 0 bridgehead atoms. The van der Waals surface area contributed by atoms with Crippen molar-refractivity contribution in [3.8, 4) is 5.75 Å². The number of nitrogens with one attached hydrogen (secondary N) is 1. The second-order valence-electron chi connectivity index (χ2n) is 5.87. The number of hydrogen-bond donors (Lipinski definition) is 1. The maximum atomic E-state index is 13.0. The van der Waals surface area contributed by atoms with Gasteiger partial charge in [0.1, 0.15) is 16.3 Å². The molecule has 1 aromatic carbocycles. The Kier molecular flexibility index (Phi) is 5.53. The molecule has 1 amide bonds. The molecule has 0 spiro atoms. The third-order valence-corrected chi connectivity index (χ3v) is 6.00. The Labute approximate surface area is 153 Å². The maximum Gasteiger partial charge on any atom is 0.274 e. The SMILES string of the molecule is CCOc1ccc(NC(=O)c2ccccn2)cc1S(=O)(=O)N1CCCC1. The van der Waals surface area contributed by atoms with E-state index in [-0.39, 0.29) is 16.3 Å². The molecule has 1 aliphatic heterocycles. The monoisotopic (exact) mass is 375 g/mol. The Morgan fingerprint density at radius 3 is 2.65 bits per heavy atom. The van der Waals surface area contributed by atoms with Crippen molar-refractivity contribution in [1.29, 1.82) is 0 Å². The van der Waals surface area contributed by atoms with E-state index in [1.807, 2.05) is 0 Å². The molecule has 7 nitrogen and oxygen atoms in total. The third-order valence-electron chi connectivity index (χ3n) is 4.08. The smallest absolute Gasteiger partial charge is 0.274 e. The number of sulfonamides is 1. The maximum absolute atomic E-state index is 13.0. The third kappa shape index (κ3) is 3.86. The molecule has 3 rings (SSSR count). The first-order valence-electron chi connectivity index (χ1n) is 8.52. The van der Waals surface area contributed by atoms with Gasteiger partial charge < -0.3 is 10.1 Å². The molecule has 1 aliphatic rings. The van der Waals surface area contributed by atoms with Crippen LogP contribution < -0.4 is 10.1 Å². The zero-order valence-corrected chi connectivity index (χ0v) is 15.3. The molecule has 0 atom stereocenters. The summed E-state index contributed by atoms with van der Waals surface area (Å²) in [5.74, 6) is -0.116. The summed E-state index contributed by atoms with van der Waals surface area (Å²) >= 11 is 0. The van der Waals surface area contributed by atoms with Gasteiger partial charge >= 0.3 is 0 Å². The molecule has 1 aromatic heterocycles. The molecule has 1 fully saturated rings. The first-order chi connectivity index (χ1) is 12.5. The van der Waals surface area contributed by atoms with Gasteiger partial charge in [0.15, 0.2) is 0 Å². The van der Waals surface area contributed by atoms with Crippen molar-refractivity contribution in [3.05, 3.63) is 48.3 Å². The van der Waals surface area contributed by atoms with Gasteiger partial charge in [0.25, 0.3) is 5.91 Å². The van der Waals surface area contributed by atoms with Crippen LogP contribution in [0.25, 0.3) is 0 Å². The predicted octanol–water partition coefficient (Wildman–Crippen LogP) is 2.52. The van der Waals surface area contributed by atoms with Crippen molar-refractivity contribution in [2.75, 3.05) is 25.0 Å². The van der Waals surface area contributed by atoms with Gasteiger partial charge in [0.05, 0.1) is 6.61 Å². The number of carbonyl (C=O) groups is 1. The number of nitrogens with zero attached hydrogens (tertiary/aromatic N) is 2. The van der Waals surface area contributed by atoms with Gasteiger partial charge in [-0.05, 0) is 50.1 Å². The average Bonchev–Trinajstić information content (AvgIpc) is 3.19. The number of benzene rings is 1. The molecule has 0 radical (unpaired) electrons. The fourth-order valence-corrected chi connectivity index (χ4v) is 4.50. The highest BCUT2D eigenvalue weighted by Crippen LogP contribution is 2.31. The topological polar surface area (TPSA) is 88.6 Å². The van der Waals surface area contributed by atoms with Crippen molar-refractivity contribution in [2.45, 2.75) is 24.7 Å². The largest absolute Gasteiger partial charge is 0.492 e. The van der Waals surface area contributed by atoms with Crippen LogP contribution in [-0.4, -0.2) is 43.3 Å². The van der Waals surface area contributed by atoms with Crippen LogP contribution in [0.2, 0.25) is 0 Å². The first kappa shape index (κ1) is 18.3. The van der Waals surface area contributed by atoms with Crippen molar-refractivity contribution >= 4 is 21.6 Å². The summed E-state index contributed by atoms with van der Waals surface area (Å²) < 4.78 is 32.9. The number of amides is 1. The summed E-state index contributed by atoms with van der Waals surface area (Å²) in [5, 5.41) is 2.69. The predicted molar refractivity (Wildman–Crippen MR) is 97.8 cm³/mol. The lowest BCUT2D eigenvalue weighted by Crippen LogP contribution is -2.28. The molecule has 0 aliphatic carbocycles. The first-order valence-corrected chi connectivity index (χ1v) is 9.96. The normalized spacial score (nSPS) is 15.0. The summed E-state index contributed by atoms with van der Waals surface area (Å²) in [6, 6.07) is 9.65. The Hall–Kier alpha value is -2.45. The average molecular weight is 375 g/mol. The van der Waals surface area contributed by atoms with Crippen molar-refractivity contribution < 1.29 is 17.9 Å². The molecule has 138 valence electrons. The second kappa shape index (κ2) is 7.84. The Morgan fingerprint density at radius 2 is 2.00 bits per heavy atom. The second-order valence-corrected chi connectivity index (χ2v) is 7.78. The van der Waals surface area contributed by atoms with E-state index in [0.717, 1.165) is 12.8 Å². The van der Waals surface area contributed by atoms with E-state index in [9.17, 15) is 13.2 Å². The number of hydrogen-bond acceptors (Lipinski definition) is 5. The van der Waals surface area contributed by atoms with Gasteiger partial charge in [0, 0.05) is 25.0 Å². The number of rotatable bonds is 6. The van der Waals surface area contributed by atoms with Crippen LogP contribution in [0.15, 0.2) is 47.5 Å². The standard InChI is InChI=1S/C18H21N3O4S/c1-2-25-16-9-8-14(20-18(22)15-7-3-4-10-19-15)13-17(16)26(23,24)21-11-5-6-12-21/h3-4,7-10,13H,2,5-6,11-12H2,1H3,(H,20,22). The molecule has 0 unspecified atom stereocenters. The van der Waals surface area contributed by atoms with Gasteiger partial charge in [0.2, 0.25) is 10.0 Å². The van der Waals surface area contributed by atoms with Crippen LogP contribution >= 0.6 is 0 Å². The van der Waals surface area contributed by atoms with E-state index in [1.165, 1.54) is 16.6 Å². The lowest BCUT2D eigenvalue weighted by atomic mass is 10.2. The number of pyridine rings is 1. The lowest BCUT2D eigenvalue weighted by molar-refractivity contribution is 0.102. The highest BCUT2D eigenvalue weighted by Gasteiger charge is 2.30. The van der Waals surface area contributed by atoms with E-state index in [4.69, 9.17) is 4.74 Å². The van der Waals surface area contributed by atoms with Crippen LogP contribution in [-0.2, 0) is 10.0 Å². The molecular formula is C18H21N3O4S. The van der Waals surface area contributed by atoms with E-state index < -0.39 is 15.9 Å². The molecule has 2 aromatic rings. The number of aromatic nitrogens is 1. The van der Waals surface area contributed by atoms with Crippen LogP contribution in [0.5, 0.6) is 5.75 Å². The van der Waals surface area contributed by atoms with Crippen LogP contribution in [0.1, 0.15) is 30.3 Å². The quantitative estimate of drug-likeness (QED) is 0.838. The molecule has 0 saturated carbocycles. The fourth-order valence-electron chi connectivity index (χ4n) is 2.82. The Morgan fingerprint density at radius 1 is 1.23 bits per heavy atom. The van der Waals surface area contributed by atoms with E-state index in [0.29, 0.717) is 25.4 Å². The molecule has 1 N–H and O–H groups in total. The zero-order valence-electron chi connectivity index (χ0n) is 14.5. The Bertz CT molecular complexity index is 879. The Balaban J connectivity index is 1.92. The van der Waals surface area contributed by atoms with E-state index in [2.05, 4.69) is 10.3 Å². The molecular weight excluding hydrogens is 354 g/mol. The van der Waals surface area contributed by atoms with E-state index >= 15 is 0 Å². The zero-order chi connectivity index (χ0) is 18.6. The number of ether oxygens (including phenoxy) is 1. The summed E-state index contributed by atoms with van der Waals surface area (Å²) in [4.78, 5) is 16.3. The summed E-state index contributed by atoms with van der Waals surface area (Å²) in [5.41, 5.74) is 0.632. The van der Waals surface area contributed by atoms with Gasteiger partial charge in [-0.3, -0.25) is 9.78 Å². The van der Waals surface area contributed by atoms with Gasteiger partial charge in [-0.1, -0.05) is 6.07 Å². The van der Waals surface area contributed by atoms with Gasteiger partial charge in [-0.2, -0.15) is 4.31 Å². The van der Waals surface area contributed by atoms with E-state index in [1.54, 1.807) is 37.3 Å². The molecule has 2 heterocycles. The summed E-state index contributed by atoms with van der Waals surface area (Å²) in [6.07, 6.45) is 3.22. The highest BCUT2D eigenvalue weighted by molar-refractivity contribution is 7.89. The number of anilines is 1. The van der Waals surface area contributed by atoms with Crippen LogP contribution in [0.3, 0.4) is 0 Å². The van der Waals surface area contributed by atoms with Crippen LogP contribution in [0.4, 0.5) is 5.69 Å². The van der Waals surface area contributed by atoms with Crippen molar-refractivity contribution in [2.24, 2.45) is 0 Å². The van der Waals surface area contributed by atoms with Crippen molar-refractivity contribution in [3.63, 3.8) is 0 Å². The molecule has 8 heteroatoms. The fraction of sp³-hybridized carbons (Fsp3) is 0.333. The van der Waals surface area contributed by atoms with Crippen LogP contribution in [0, 0.1) is 0 Å². The minimum Gasteiger partial charge on any atom is -0.492 e. The minimum atomic E-state index is -3.67. The lowest BCUT2D eigenvalue weighted by Gasteiger charge is -2.19. The molecule has 26 heavy (non-hydrogen) atoms. The summed E-state index contributed by atoms with van der Waals surface area (Å²) in [6.45, 7) is 3.14. The highest BCUT2D eigenvalue weighted by atomic mass is 32.2. The summed E-state index contributed by atoms with van der Waals surface area (Å²) in [7, 11) is -3.67. The minimum absolute atomic E-state index is 0.0695. The number of carbonyl (C=O) groups excluding carboxylic acids is 1. The van der Waals surface area contributed by atoms with Crippen molar-refractivity contribution in [1.82, 2.24) is 9.29 Å². The van der Waals surface area contributed by atoms with Gasteiger partial charge in [-0.15, -0.1) is 0 Å².